The van der Waals surface area contributed by atoms with Gasteiger partial charge >= 0.3 is 0 Å². The second kappa shape index (κ2) is 4.56. The summed E-state index contributed by atoms with van der Waals surface area (Å²) in [6.07, 6.45) is 1.59. The average molecular weight is 288 g/mol. The van der Waals surface area contributed by atoms with Gasteiger partial charge in [0.15, 0.2) is 0 Å². The lowest BCUT2D eigenvalue weighted by atomic mass is 10.2. The predicted octanol–water partition coefficient (Wildman–Crippen LogP) is 1.32. The molecule has 100 valence electrons. The number of sulfonamides is 1. The van der Waals surface area contributed by atoms with Crippen LogP contribution in [0.25, 0.3) is 0 Å². The number of hydrogen-bond acceptors (Lipinski definition) is 5. The highest BCUT2D eigenvalue weighted by Gasteiger charge is 2.44. The monoisotopic (exact) mass is 288 g/mol. The summed E-state index contributed by atoms with van der Waals surface area (Å²) in [5.41, 5.74) is 0.821. The number of hydrogen-bond donors (Lipinski definition) is 0. The van der Waals surface area contributed by atoms with Crippen molar-refractivity contribution in [2.24, 2.45) is 0 Å². The van der Waals surface area contributed by atoms with Crippen LogP contribution in [0.15, 0.2) is 5.38 Å². The van der Waals surface area contributed by atoms with Crippen LogP contribution in [-0.4, -0.2) is 42.7 Å². The second-order valence-corrected chi connectivity index (χ2v) is 7.96. The van der Waals surface area contributed by atoms with Crippen molar-refractivity contribution in [3.63, 3.8) is 0 Å². The van der Waals surface area contributed by atoms with Gasteiger partial charge in [-0.1, -0.05) is 0 Å². The third kappa shape index (κ3) is 2.20. The van der Waals surface area contributed by atoms with Crippen molar-refractivity contribution in [1.29, 1.82) is 0 Å². The average Bonchev–Trinajstić information content (AvgIpc) is 3.13. The Balaban J connectivity index is 1.90. The van der Waals surface area contributed by atoms with Crippen LogP contribution in [-0.2, 0) is 14.8 Å². The number of ether oxygens (including phenoxy) is 1. The van der Waals surface area contributed by atoms with Gasteiger partial charge in [-0.25, -0.2) is 13.4 Å². The molecule has 0 aromatic carbocycles. The summed E-state index contributed by atoms with van der Waals surface area (Å²) < 4.78 is 31.8. The maximum Gasteiger partial charge on any atom is 0.217 e. The van der Waals surface area contributed by atoms with Crippen LogP contribution in [0.2, 0.25) is 0 Å². The third-order valence-electron chi connectivity index (χ3n) is 3.33. The molecule has 1 saturated carbocycles. The normalized spacial score (nSPS) is 26.4. The SMILES string of the molecule is Cc1nc([C@@H]2COCCN2S(=O)(=O)C2CC2)cs1. The minimum absolute atomic E-state index is 0.169. The van der Waals surface area contributed by atoms with Gasteiger partial charge in [-0.15, -0.1) is 11.3 Å². The van der Waals surface area contributed by atoms with Gasteiger partial charge < -0.3 is 4.74 Å². The molecule has 1 aromatic heterocycles. The van der Waals surface area contributed by atoms with Crippen LogP contribution >= 0.6 is 11.3 Å². The van der Waals surface area contributed by atoms with Crippen molar-refractivity contribution in [2.75, 3.05) is 19.8 Å². The fourth-order valence-electron chi connectivity index (χ4n) is 2.22. The van der Waals surface area contributed by atoms with Gasteiger partial charge in [-0.05, 0) is 19.8 Å². The predicted molar refractivity (Wildman–Crippen MR) is 69.1 cm³/mol. The quantitative estimate of drug-likeness (QED) is 0.841. The second-order valence-electron chi connectivity index (χ2n) is 4.74. The van der Waals surface area contributed by atoms with Crippen molar-refractivity contribution >= 4 is 21.4 Å². The molecule has 0 radical (unpaired) electrons. The van der Waals surface area contributed by atoms with E-state index in [0.717, 1.165) is 23.5 Å². The minimum atomic E-state index is -3.16. The zero-order valence-electron chi connectivity index (χ0n) is 10.2. The summed E-state index contributed by atoms with van der Waals surface area (Å²) >= 11 is 1.55. The first-order valence-electron chi connectivity index (χ1n) is 6.09. The summed E-state index contributed by atoms with van der Waals surface area (Å²) in [5, 5.41) is 2.72. The van der Waals surface area contributed by atoms with E-state index in [-0.39, 0.29) is 11.3 Å². The first-order valence-corrected chi connectivity index (χ1v) is 8.48. The van der Waals surface area contributed by atoms with Crippen LogP contribution < -0.4 is 0 Å². The first-order chi connectivity index (χ1) is 8.59. The zero-order valence-corrected chi connectivity index (χ0v) is 11.8. The van der Waals surface area contributed by atoms with Gasteiger partial charge in [-0.3, -0.25) is 0 Å². The molecule has 0 N–H and O–H groups in total. The van der Waals surface area contributed by atoms with Crippen molar-refractivity contribution < 1.29 is 13.2 Å². The standard InChI is InChI=1S/C11H16N2O3S2/c1-8-12-10(7-17-8)11-6-16-5-4-13(11)18(14,15)9-2-3-9/h7,9,11H,2-6H2,1H3/t11-/m0/s1. The Kier molecular flexibility index (Phi) is 3.17. The van der Waals surface area contributed by atoms with Gasteiger partial charge in [0.2, 0.25) is 10.0 Å². The summed E-state index contributed by atoms with van der Waals surface area (Å²) in [7, 11) is -3.16. The molecule has 2 aliphatic rings. The molecule has 0 unspecified atom stereocenters. The summed E-state index contributed by atoms with van der Waals surface area (Å²) in [6, 6.07) is -0.241. The molecular weight excluding hydrogens is 272 g/mol. The summed E-state index contributed by atoms with van der Waals surface area (Å²) in [4.78, 5) is 4.41. The van der Waals surface area contributed by atoms with E-state index in [2.05, 4.69) is 4.98 Å². The Morgan fingerprint density at radius 2 is 2.28 bits per heavy atom. The first kappa shape index (κ1) is 12.5. The van der Waals surface area contributed by atoms with Gasteiger partial charge in [-0.2, -0.15) is 4.31 Å². The molecule has 1 atom stereocenters. The Labute approximate surface area is 111 Å². The van der Waals surface area contributed by atoms with Crippen molar-refractivity contribution in [1.82, 2.24) is 9.29 Å². The third-order valence-corrected chi connectivity index (χ3v) is 6.53. The molecule has 1 aliphatic carbocycles. The van der Waals surface area contributed by atoms with Crippen LogP contribution in [0.5, 0.6) is 0 Å². The highest BCUT2D eigenvalue weighted by atomic mass is 32.2. The molecule has 0 amide bonds. The number of rotatable bonds is 3. The largest absolute Gasteiger partial charge is 0.378 e. The lowest BCUT2D eigenvalue weighted by molar-refractivity contribution is 0.0307. The molecule has 2 fully saturated rings. The smallest absolute Gasteiger partial charge is 0.217 e. The number of thiazole rings is 1. The van der Waals surface area contributed by atoms with E-state index in [1.807, 2.05) is 12.3 Å². The molecule has 18 heavy (non-hydrogen) atoms. The van der Waals surface area contributed by atoms with E-state index < -0.39 is 10.0 Å². The van der Waals surface area contributed by atoms with Crippen LogP contribution in [0, 0.1) is 6.92 Å². The Morgan fingerprint density at radius 3 is 2.89 bits per heavy atom. The van der Waals surface area contributed by atoms with Crippen LogP contribution in [0.4, 0.5) is 0 Å². The Morgan fingerprint density at radius 1 is 1.50 bits per heavy atom. The topological polar surface area (TPSA) is 59.5 Å². The number of aryl methyl sites for hydroxylation is 1. The van der Waals surface area contributed by atoms with E-state index >= 15 is 0 Å². The van der Waals surface area contributed by atoms with E-state index in [9.17, 15) is 8.42 Å². The molecule has 3 rings (SSSR count). The fraction of sp³-hybridized carbons (Fsp3) is 0.727. The Bertz CT molecular complexity index is 536. The molecule has 7 heteroatoms. The fourth-order valence-corrected chi connectivity index (χ4v) is 4.84. The number of nitrogens with zero attached hydrogens (tertiary/aromatic N) is 2. The van der Waals surface area contributed by atoms with E-state index in [1.54, 1.807) is 15.6 Å². The molecule has 1 aliphatic heterocycles. The summed E-state index contributed by atoms with van der Waals surface area (Å²) in [5.74, 6) is 0. The molecule has 1 aromatic rings. The van der Waals surface area contributed by atoms with Gasteiger partial charge in [0, 0.05) is 11.9 Å². The maximum absolute atomic E-state index is 12.4. The van der Waals surface area contributed by atoms with Crippen molar-refractivity contribution in [3.05, 3.63) is 16.1 Å². The molecule has 0 spiro atoms. The van der Waals surface area contributed by atoms with E-state index in [4.69, 9.17) is 4.74 Å². The highest BCUT2D eigenvalue weighted by molar-refractivity contribution is 7.90. The number of morpholine rings is 1. The molecule has 1 saturated heterocycles. The molecule has 5 nitrogen and oxygen atoms in total. The highest BCUT2D eigenvalue weighted by Crippen LogP contribution is 2.36. The molecule has 2 heterocycles. The zero-order chi connectivity index (χ0) is 12.8. The lowest BCUT2D eigenvalue weighted by Crippen LogP contribution is -2.44. The van der Waals surface area contributed by atoms with Crippen LogP contribution in [0.3, 0.4) is 0 Å². The molecular formula is C11H16N2O3S2. The van der Waals surface area contributed by atoms with Crippen LogP contribution in [0.1, 0.15) is 29.6 Å². The van der Waals surface area contributed by atoms with Crippen molar-refractivity contribution in [2.45, 2.75) is 31.1 Å². The molecule has 0 bridgehead atoms. The Hall–Kier alpha value is -0.500. The van der Waals surface area contributed by atoms with Crippen molar-refractivity contribution in [3.8, 4) is 0 Å². The lowest BCUT2D eigenvalue weighted by Gasteiger charge is -2.33. The van der Waals surface area contributed by atoms with Gasteiger partial charge in [0.1, 0.15) is 0 Å². The number of aromatic nitrogens is 1. The minimum Gasteiger partial charge on any atom is -0.378 e. The summed E-state index contributed by atoms with van der Waals surface area (Å²) in [6.45, 7) is 3.26. The van der Waals surface area contributed by atoms with E-state index in [1.165, 1.54) is 0 Å². The van der Waals surface area contributed by atoms with Gasteiger partial charge in [0.25, 0.3) is 0 Å². The van der Waals surface area contributed by atoms with Gasteiger partial charge in [0.05, 0.1) is 35.2 Å². The maximum atomic E-state index is 12.4. The van der Waals surface area contributed by atoms with E-state index in [0.29, 0.717) is 19.8 Å².